The number of nitrogens with zero attached hydrogens (tertiary/aromatic N) is 1. The van der Waals surface area contributed by atoms with E-state index in [1.807, 2.05) is 6.07 Å². The third kappa shape index (κ3) is 4.32. The lowest BCUT2D eigenvalue weighted by Crippen LogP contribution is -2.44. The Morgan fingerprint density at radius 1 is 0.968 bits per heavy atom. The van der Waals surface area contributed by atoms with E-state index in [1.165, 1.54) is 16.3 Å². The number of anilines is 1. The van der Waals surface area contributed by atoms with Crippen LogP contribution in [0.5, 0.6) is 0 Å². The van der Waals surface area contributed by atoms with Crippen molar-refractivity contribution < 1.29 is 4.42 Å². The molecule has 1 N–H and O–H groups in total. The third-order valence-electron chi connectivity index (χ3n) is 6.20. The molecule has 0 amide bonds. The Kier molecular flexibility index (Phi) is 5.66. The van der Waals surface area contributed by atoms with Gasteiger partial charge in [-0.05, 0) is 66.9 Å². The summed E-state index contributed by atoms with van der Waals surface area (Å²) >= 11 is 6.30. The van der Waals surface area contributed by atoms with E-state index in [0.29, 0.717) is 16.6 Å². The summed E-state index contributed by atoms with van der Waals surface area (Å²) in [4.78, 5) is 14.8. The van der Waals surface area contributed by atoms with Gasteiger partial charge in [0, 0.05) is 29.1 Å². The molecule has 0 unspecified atom stereocenters. The number of hydrogen-bond donors (Lipinski definition) is 1. The fourth-order valence-corrected chi connectivity index (χ4v) is 4.79. The van der Waals surface area contributed by atoms with Crippen LogP contribution < -0.4 is 15.8 Å². The number of hydrogen-bond acceptors (Lipinski definition) is 4. The first-order valence-electron chi connectivity index (χ1n) is 10.9. The Hall–Kier alpha value is -2.82. The molecule has 1 saturated heterocycles. The zero-order valence-corrected chi connectivity index (χ0v) is 18.1. The first-order valence-corrected chi connectivity index (χ1v) is 11.2. The Morgan fingerprint density at radius 3 is 2.61 bits per heavy atom. The average Bonchev–Trinajstić information content (AvgIpc) is 2.80. The van der Waals surface area contributed by atoms with Crippen LogP contribution in [0.2, 0.25) is 5.02 Å². The molecule has 0 aliphatic carbocycles. The highest BCUT2D eigenvalue weighted by Crippen LogP contribution is 2.31. The minimum absolute atomic E-state index is 0.325. The lowest BCUT2D eigenvalue weighted by Gasteiger charge is -2.37. The van der Waals surface area contributed by atoms with Crippen LogP contribution in [-0.4, -0.2) is 25.7 Å². The first-order chi connectivity index (χ1) is 15.2. The van der Waals surface area contributed by atoms with Crippen molar-refractivity contribution in [2.75, 3.05) is 24.5 Å². The largest absolute Gasteiger partial charge is 0.423 e. The van der Waals surface area contributed by atoms with Gasteiger partial charge in [-0.25, -0.2) is 4.79 Å². The number of piperidine rings is 1. The standard InChI is InChI=1S/C26H25ClN2O2/c27-21-7-8-25-23(16-21)24(17-26(30)31-25)29(22-9-12-28-13-10-22)14-11-18-5-6-19-3-1-2-4-20(19)15-18/h1-8,15-17,22,28H,9-14H2. The summed E-state index contributed by atoms with van der Waals surface area (Å²) in [6, 6.07) is 22.5. The summed E-state index contributed by atoms with van der Waals surface area (Å²) < 4.78 is 5.45. The average molecular weight is 433 g/mol. The lowest BCUT2D eigenvalue weighted by atomic mass is 10.0. The number of fused-ring (bicyclic) bond motifs is 2. The SMILES string of the molecule is O=c1cc(N(CCc2ccc3ccccc3c2)C2CCNCC2)c2cc(Cl)ccc2o1. The van der Waals surface area contributed by atoms with Crippen LogP contribution in [0.25, 0.3) is 21.7 Å². The second-order valence-electron chi connectivity index (χ2n) is 8.20. The molecular weight excluding hydrogens is 408 g/mol. The summed E-state index contributed by atoms with van der Waals surface area (Å²) in [6.45, 7) is 2.79. The van der Waals surface area contributed by atoms with Gasteiger partial charge in [-0.3, -0.25) is 0 Å². The molecule has 0 bridgehead atoms. The molecule has 4 nitrogen and oxygen atoms in total. The molecular formula is C26H25ClN2O2. The monoisotopic (exact) mass is 432 g/mol. The number of nitrogens with one attached hydrogen (secondary N) is 1. The second-order valence-corrected chi connectivity index (χ2v) is 8.63. The summed E-state index contributed by atoms with van der Waals surface area (Å²) in [5, 5.41) is 7.49. The van der Waals surface area contributed by atoms with Crippen LogP contribution in [0, 0.1) is 0 Å². The van der Waals surface area contributed by atoms with E-state index in [0.717, 1.165) is 50.0 Å². The van der Waals surface area contributed by atoms with Crippen LogP contribution >= 0.6 is 11.6 Å². The quantitative estimate of drug-likeness (QED) is 0.429. The summed E-state index contributed by atoms with van der Waals surface area (Å²) in [5.41, 5.74) is 2.47. The molecule has 0 atom stereocenters. The molecule has 5 heteroatoms. The molecule has 1 fully saturated rings. The summed E-state index contributed by atoms with van der Waals surface area (Å²) in [7, 11) is 0. The fourth-order valence-electron chi connectivity index (χ4n) is 4.62. The molecule has 0 radical (unpaired) electrons. The van der Waals surface area contributed by atoms with Gasteiger partial charge in [0.25, 0.3) is 0 Å². The predicted octanol–water partition coefficient (Wildman–Crippen LogP) is 5.40. The number of halogens is 1. The van der Waals surface area contributed by atoms with E-state index in [2.05, 4.69) is 52.7 Å². The molecule has 1 aliphatic rings. The molecule has 1 aromatic heterocycles. The predicted molar refractivity (Wildman–Crippen MR) is 128 cm³/mol. The van der Waals surface area contributed by atoms with Gasteiger partial charge in [0.05, 0.1) is 5.69 Å². The second kappa shape index (κ2) is 8.74. The lowest BCUT2D eigenvalue weighted by molar-refractivity contribution is 0.430. The Morgan fingerprint density at radius 2 is 1.77 bits per heavy atom. The van der Waals surface area contributed by atoms with Crippen LogP contribution in [0.3, 0.4) is 0 Å². The van der Waals surface area contributed by atoms with Crippen molar-refractivity contribution in [3.63, 3.8) is 0 Å². The summed E-state index contributed by atoms with van der Waals surface area (Å²) in [5.74, 6) is 0. The molecule has 5 rings (SSSR count). The molecule has 31 heavy (non-hydrogen) atoms. The van der Waals surface area contributed by atoms with Gasteiger partial charge in [0.15, 0.2) is 0 Å². The normalized spacial score (nSPS) is 14.9. The van der Waals surface area contributed by atoms with Crippen LogP contribution in [0.4, 0.5) is 5.69 Å². The highest BCUT2D eigenvalue weighted by Gasteiger charge is 2.24. The van der Waals surface area contributed by atoms with Crippen molar-refractivity contribution in [1.82, 2.24) is 5.32 Å². The Bertz CT molecular complexity index is 1280. The first kappa shape index (κ1) is 20.1. The molecule has 2 heterocycles. The van der Waals surface area contributed by atoms with Crippen molar-refractivity contribution in [3.8, 4) is 0 Å². The topological polar surface area (TPSA) is 45.5 Å². The van der Waals surface area contributed by atoms with Gasteiger partial charge in [0.1, 0.15) is 5.58 Å². The molecule has 1 aliphatic heterocycles. The molecule has 3 aromatic carbocycles. The van der Waals surface area contributed by atoms with E-state index in [-0.39, 0.29) is 5.63 Å². The van der Waals surface area contributed by atoms with E-state index < -0.39 is 0 Å². The molecule has 4 aromatic rings. The summed E-state index contributed by atoms with van der Waals surface area (Å²) in [6.07, 6.45) is 2.98. The zero-order chi connectivity index (χ0) is 21.2. The van der Waals surface area contributed by atoms with Gasteiger partial charge >= 0.3 is 5.63 Å². The molecule has 158 valence electrons. The maximum atomic E-state index is 12.4. The van der Waals surface area contributed by atoms with Gasteiger partial charge in [0.2, 0.25) is 0 Å². The van der Waals surface area contributed by atoms with Crippen LogP contribution in [0.15, 0.2) is 75.9 Å². The van der Waals surface area contributed by atoms with E-state index >= 15 is 0 Å². The third-order valence-corrected chi connectivity index (χ3v) is 6.43. The van der Waals surface area contributed by atoms with Gasteiger partial charge < -0.3 is 14.6 Å². The minimum atomic E-state index is -0.325. The Balaban J connectivity index is 1.52. The van der Waals surface area contributed by atoms with Crippen molar-refractivity contribution in [2.24, 2.45) is 0 Å². The highest BCUT2D eigenvalue weighted by molar-refractivity contribution is 6.31. The van der Waals surface area contributed by atoms with E-state index in [4.69, 9.17) is 16.0 Å². The number of benzene rings is 3. The van der Waals surface area contributed by atoms with Crippen LogP contribution in [0.1, 0.15) is 18.4 Å². The van der Waals surface area contributed by atoms with E-state index in [1.54, 1.807) is 18.2 Å². The van der Waals surface area contributed by atoms with Gasteiger partial charge in [-0.1, -0.05) is 54.1 Å². The maximum absolute atomic E-state index is 12.4. The molecule has 0 spiro atoms. The fraction of sp³-hybridized carbons (Fsp3) is 0.269. The Labute approximate surface area is 186 Å². The van der Waals surface area contributed by atoms with Gasteiger partial charge in [-0.15, -0.1) is 0 Å². The molecule has 0 saturated carbocycles. The van der Waals surface area contributed by atoms with Gasteiger partial charge in [-0.2, -0.15) is 0 Å². The van der Waals surface area contributed by atoms with Crippen molar-refractivity contribution in [2.45, 2.75) is 25.3 Å². The van der Waals surface area contributed by atoms with Crippen molar-refractivity contribution in [3.05, 3.63) is 87.7 Å². The van der Waals surface area contributed by atoms with Crippen molar-refractivity contribution >= 4 is 39.0 Å². The van der Waals surface area contributed by atoms with Crippen LogP contribution in [-0.2, 0) is 6.42 Å². The maximum Gasteiger partial charge on any atom is 0.338 e. The smallest absolute Gasteiger partial charge is 0.338 e. The van der Waals surface area contributed by atoms with E-state index in [9.17, 15) is 4.79 Å². The van der Waals surface area contributed by atoms with Crippen molar-refractivity contribution in [1.29, 1.82) is 0 Å². The minimum Gasteiger partial charge on any atom is -0.423 e. The number of rotatable bonds is 5. The zero-order valence-electron chi connectivity index (χ0n) is 17.3. The highest BCUT2D eigenvalue weighted by atomic mass is 35.5.